The molecule has 0 aliphatic carbocycles. The number of hydrogen-bond acceptors (Lipinski definition) is 2. The van der Waals surface area contributed by atoms with E-state index in [1.807, 2.05) is 13.0 Å². The Hall–Kier alpha value is -1.95. The van der Waals surface area contributed by atoms with Crippen molar-refractivity contribution >= 4 is 11.6 Å². The molecule has 1 aromatic rings. The number of amides is 1. The second-order valence-electron chi connectivity index (χ2n) is 4.31. The monoisotopic (exact) mass is 216 g/mol. The molecule has 0 fully saturated rings. The van der Waals surface area contributed by atoms with Gasteiger partial charge < -0.3 is 11.1 Å². The van der Waals surface area contributed by atoms with E-state index in [9.17, 15) is 4.79 Å². The Morgan fingerprint density at radius 3 is 2.69 bits per heavy atom. The van der Waals surface area contributed by atoms with Crippen LogP contribution in [-0.2, 0) is 0 Å². The summed E-state index contributed by atoms with van der Waals surface area (Å²) in [5.74, 6) is 2.26. The van der Waals surface area contributed by atoms with Crippen molar-refractivity contribution in [2.45, 2.75) is 26.3 Å². The van der Waals surface area contributed by atoms with Crippen LogP contribution in [0.2, 0.25) is 0 Å². The highest BCUT2D eigenvalue weighted by atomic mass is 16.1. The first kappa shape index (κ1) is 12.1. The average molecular weight is 216 g/mol. The first-order chi connectivity index (χ1) is 7.35. The molecule has 1 rings (SSSR count). The Morgan fingerprint density at radius 2 is 2.12 bits per heavy atom. The summed E-state index contributed by atoms with van der Waals surface area (Å²) in [6.07, 6.45) is 5.30. The summed E-state index contributed by atoms with van der Waals surface area (Å²) in [7, 11) is 0. The summed E-state index contributed by atoms with van der Waals surface area (Å²) in [5.41, 5.74) is 6.96. The molecule has 0 heterocycles. The second-order valence-corrected chi connectivity index (χ2v) is 4.31. The van der Waals surface area contributed by atoms with Crippen LogP contribution >= 0.6 is 0 Å². The molecule has 0 saturated heterocycles. The van der Waals surface area contributed by atoms with E-state index in [0.29, 0.717) is 11.3 Å². The molecule has 0 aliphatic heterocycles. The van der Waals surface area contributed by atoms with Crippen LogP contribution in [0.15, 0.2) is 18.2 Å². The number of terminal acetylenes is 1. The minimum Gasteiger partial charge on any atom is -0.398 e. The Labute approximate surface area is 96.0 Å². The number of carbonyl (C=O) groups excluding carboxylic acids is 1. The maximum Gasteiger partial charge on any atom is 0.254 e. The van der Waals surface area contributed by atoms with E-state index in [4.69, 9.17) is 12.2 Å². The van der Waals surface area contributed by atoms with Crippen LogP contribution in [0.25, 0.3) is 0 Å². The zero-order chi connectivity index (χ0) is 12.3. The lowest BCUT2D eigenvalue weighted by Crippen LogP contribution is -2.42. The van der Waals surface area contributed by atoms with Crippen molar-refractivity contribution in [3.63, 3.8) is 0 Å². The molecule has 0 aromatic heterocycles. The van der Waals surface area contributed by atoms with Gasteiger partial charge in [0.2, 0.25) is 0 Å². The Kier molecular flexibility index (Phi) is 3.24. The molecule has 1 aromatic carbocycles. The van der Waals surface area contributed by atoms with E-state index in [0.717, 1.165) is 5.56 Å². The molecular weight excluding hydrogens is 200 g/mol. The Bertz CT molecular complexity index is 455. The topological polar surface area (TPSA) is 55.1 Å². The van der Waals surface area contributed by atoms with Crippen LogP contribution in [0.5, 0.6) is 0 Å². The third-order valence-corrected chi connectivity index (χ3v) is 2.24. The fourth-order valence-electron chi connectivity index (χ4n) is 1.25. The first-order valence-corrected chi connectivity index (χ1v) is 5.02. The number of anilines is 1. The van der Waals surface area contributed by atoms with Gasteiger partial charge in [0, 0.05) is 5.69 Å². The Morgan fingerprint density at radius 1 is 1.50 bits per heavy atom. The van der Waals surface area contributed by atoms with E-state index >= 15 is 0 Å². The quantitative estimate of drug-likeness (QED) is 0.584. The molecule has 0 saturated carbocycles. The normalized spacial score (nSPS) is 10.6. The highest BCUT2D eigenvalue weighted by Crippen LogP contribution is 2.14. The summed E-state index contributed by atoms with van der Waals surface area (Å²) in [6.45, 7) is 5.43. The van der Waals surface area contributed by atoms with Gasteiger partial charge in [0.15, 0.2) is 0 Å². The summed E-state index contributed by atoms with van der Waals surface area (Å²) in [5, 5.41) is 2.74. The zero-order valence-corrected chi connectivity index (χ0v) is 9.79. The van der Waals surface area contributed by atoms with E-state index in [2.05, 4.69) is 11.2 Å². The van der Waals surface area contributed by atoms with Crippen molar-refractivity contribution in [1.29, 1.82) is 0 Å². The molecule has 84 valence electrons. The van der Waals surface area contributed by atoms with Crippen molar-refractivity contribution < 1.29 is 4.79 Å². The van der Waals surface area contributed by atoms with Gasteiger partial charge in [0.1, 0.15) is 0 Å². The zero-order valence-electron chi connectivity index (χ0n) is 9.79. The van der Waals surface area contributed by atoms with Gasteiger partial charge in [0.25, 0.3) is 5.91 Å². The molecule has 3 heteroatoms. The van der Waals surface area contributed by atoms with Gasteiger partial charge in [0.05, 0.1) is 11.1 Å². The molecule has 0 unspecified atom stereocenters. The largest absolute Gasteiger partial charge is 0.398 e. The number of benzene rings is 1. The third kappa shape index (κ3) is 2.77. The summed E-state index contributed by atoms with van der Waals surface area (Å²) in [4.78, 5) is 11.9. The van der Waals surface area contributed by atoms with E-state index < -0.39 is 5.54 Å². The van der Waals surface area contributed by atoms with E-state index in [1.54, 1.807) is 26.0 Å². The van der Waals surface area contributed by atoms with Crippen molar-refractivity contribution in [3.05, 3.63) is 29.3 Å². The van der Waals surface area contributed by atoms with Crippen LogP contribution in [0.4, 0.5) is 5.69 Å². The van der Waals surface area contributed by atoms with Crippen LogP contribution in [0, 0.1) is 19.3 Å². The standard InChI is InChI=1S/C13H16N2O/c1-5-13(3,4)15-12(16)10-8-9(2)6-7-11(10)14/h1,6-8H,14H2,2-4H3,(H,15,16). The fraction of sp³-hybridized carbons (Fsp3) is 0.308. The van der Waals surface area contributed by atoms with Crippen molar-refractivity contribution in [3.8, 4) is 12.3 Å². The summed E-state index contributed by atoms with van der Waals surface area (Å²) < 4.78 is 0. The van der Waals surface area contributed by atoms with Gasteiger partial charge in [-0.25, -0.2) is 0 Å². The van der Waals surface area contributed by atoms with Gasteiger partial charge in [-0.2, -0.15) is 0 Å². The molecule has 0 atom stereocenters. The molecule has 3 N–H and O–H groups in total. The molecule has 1 amide bonds. The number of carbonyl (C=O) groups is 1. The van der Waals surface area contributed by atoms with Gasteiger partial charge >= 0.3 is 0 Å². The van der Waals surface area contributed by atoms with E-state index in [1.165, 1.54) is 0 Å². The number of rotatable bonds is 2. The fourth-order valence-corrected chi connectivity index (χ4v) is 1.25. The molecular formula is C13H16N2O. The molecule has 0 aliphatic rings. The highest BCUT2D eigenvalue weighted by Gasteiger charge is 2.19. The molecule has 3 nitrogen and oxygen atoms in total. The number of nitrogens with two attached hydrogens (primary N) is 1. The van der Waals surface area contributed by atoms with Crippen LogP contribution in [0.1, 0.15) is 29.8 Å². The lowest BCUT2D eigenvalue weighted by atomic mass is 10.0. The predicted molar refractivity (Wildman–Crippen MR) is 66.0 cm³/mol. The smallest absolute Gasteiger partial charge is 0.254 e. The molecule has 0 spiro atoms. The minimum atomic E-state index is -0.673. The van der Waals surface area contributed by atoms with Crippen molar-refractivity contribution in [2.24, 2.45) is 0 Å². The van der Waals surface area contributed by atoms with Gasteiger partial charge in [-0.15, -0.1) is 6.42 Å². The lowest BCUT2D eigenvalue weighted by Gasteiger charge is -2.20. The first-order valence-electron chi connectivity index (χ1n) is 5.02. The van der Waals surface area contributed by atoms with Crippen molar-refractivity contribution in [1.82, 2.24) is 5.32 Å². The van der Waals surface area contributed by atoms with Crippen LogP contribution in [-0.4, -0.2) is 11.4 Å². The number of nitrogens with one attached hydrogen (secondary N) is 1. The number of hydrogen-bond donors (Lipinski definition) is 2. The maximum absolute atomic E-state index is 11.9. The SMILES string of the molecule is C#CC(C)(C)NC(=O)c1cc(C)ccc1N. The Balaban J connectivity index is 2.98. The number of aryl methyl sites for hydroxylation is 1. The van der Waals surface area contributed by atoms with Crippen LogP contribution < -0.4 is 11.1 Å². The minimum absolute atomic E-state index is 0.246. The second kappa shape index (κ2) is 4.28. The summed E-state index contributed by atoms with van der Waals surface area (Å²) >= 11 is 0. The number of nitrogen functional groups attached to an aromatic ring is 1. The van der Waals surface area contributed by atoms with Gasteiger partial charge in [-0.05, 0) is 32.9 Å². The predicted octanol–water partition coefficient (Wildman–Crippen LogP) is 1.72. The average Bonchev–Trinajstić information content (AvgIpc) is 2.21. The van der Waals surface area contributed by atoms with Crippen molar-refractivity contribution in [2.75, 3.05) is 5.73 Å². The third-order valence-electron chi connectivity index (χ3n) is 2.24. The molecule has 0 radical (unpaired) electrons. The lowest BCUT2D eigenvalue weighted by molar-refractivity contribution is 0.0930. The molecule has 0 bridgehead atoms. The van der Waals surface area contributed by atoms with Crippen LogP contribution in [0.3, 0.4) is 0 Å². The summed E-state index contributed by atoms with van der Waals surface area (Å²) in [6, 6.07) is 5.32. The maximum atomic E-state index is 11.9. The highest BCUT2D eigenvalue weighted by molar-refractivity contribution is 5.99. The van der Waals surface area contributed by atoms with E-state index in [-0.39, 0.29) is 5.91 Å². The van der Waals surface area contributed by atoms with Gasteiger partial charge in [-0.1, -0.05) is 17.6 Å². The van der Waals surface area contributed by atoms with Gasteiger partial charge in [-0.3, -0.25) is 4.79 Å². The molecule has 16 heavy (non-hydrogen) atoms.